The van der Waals surface area contributed by atoms with Crippen molar-refractivity contribution in [2.24, 2.45) is 0 Å². The SMILES string of the molecule is C[Si](C)(C)CCOCn1ccc(-c2cn(COCC[Si](C)(C)C)c3nccc(N4CCC[C@H](NC(=O)O)C4)c23)n1. The van der Waals surface area contributed by atoms with E-state index in [-0.39, 0.29) is 6.04 Å². The Labute approximate surface area is 239 Å². The second-order valence-corrected chi connectivity index (χ2v) is 24.5. The predicted octanol–water partition coefficient (Wildman–Crippen LogP) is 5.76. The van der Waals surface area contributed by atoms with Gasteiger partial charge >= 0.3 is 6.09 Å². The van der Waals surface area contributed by atoms with Gasteiger partial charge < -0.3 is 29.4 Å². The van der Waals surface area contributed by atoms with Crippen LogP contribution >= 0.6 is 0 Å². The number of carboxylic acid groups (broad SMARTS) is 1. The van der Waals surface area contributed by atoms with Crippen LogP contribution in [0.2, 0.25) is 51.4 Å². The molecule has 2 N–H and O–H groups in total. The summed E-state index contributed by atoms with van der Waals surface area (Å²) in [7, 11) is -2.34. The molecule has 0 radical (unpaired) electrons. The summed E-state index contributed by atoms with van der Waals surface area (Å²) >= 11 is 0. The highest BCUT2D eigenvalue weighted by molar-refractivity contribution is 6.76. The lowest BCUT2D eigenvalue weighted by Crippen LogP contribution is -2.47. The first-order valence-corrected chi connectivity index (χ1v) is 21.7. The third-order valence-electron chi connectivity index (χ3n) is 7.19. The molecule has 0 aromatic carbocycles. The lowest BCUT2D eigenvalue weighted by molar-refractivity contribution is 0.0787. The van der Waals surface area contributed by atoms with E-state index in [4.69, 9.17) is 19.6 Å². The molecule has 220 valence electrons. The molecule has 1 aliphatic heterocycles. The van der Waals surface area contributed by atoms with Crippen molar-refractivity contribution in [2.75, 3.05) is 31.2 Å². The summed E-state index contributed by atoms with van der Waals surface area (Å²) in [6.07, 6.45) is 6.64. The Morgan fingerprint density at radius 2 is 1.77 bits per heavy atom. The number of aromatic nitrogens is 4. The Morgan fingerprint density at radius 3 is 2.45 bits per heavy atom. The summed E-state index contributed by atoms with van der Waals surface area (Å²) < 4.78 is 16.0. The van der Waals surface area contributed by atoms with Gasteiger partial charge in [0.1, 0.15) is 19.1 Å². The minimum atomic E-state index is -1.20. The van der Waals surface area contributed by atoms with Crippen LogP contribution < -0.4 is 10.2 Å². The maximum Gasteiger partial charge on any atom is 0.404 e. The molecule has 1 fully saturated rings. The fourth-order valence-electron chi connectivity index (χ4n) is 4.90. The summed E-state index contributed by atoms with van der Waals surface area (Å²) in [6.45, 7) is 17.9. The lowest BCUT2D eigenvalue weighted by atomic mass is 10.0. The van der Waals surface area contributed by atoms with Crippen molar-refractivity contribution in [3.63, 3.8) is 0 Å². The van der Waals surface area contributed by atoms with E-state index in [1.165, 1.54) is 0 Å². The van der Waals surface area contributed by atoms with Crippen LogP contribution in [0.1, 0.15) is 12.8 Å². The van der Waals surface area contributed by atoms with Gasteiger partial charge in [0.05, 0.1) is 16.8 Å². The number of nitrogens with one attached hydrogen (secondary N) is 1. The monoisotopic (exact) mass is 586 g/mol. The number of piperidine rings is 1. The van der Waals surface area contributed by atoms with Crippen LogP contribution in [0.4, 0.5) is 10.5 Å². The number of ether oxygens (including phenoxy) is 2. The van der Waals surface area contributed by atoms with Crippen molar-refractivity contribution >= 4 is 39.0 Å². The minimum Gasteiger partial charge on any atom is -0.465 e. The summed E-state index contributed by atoms with van der Waals surface area (Å²) in [6, 6.07) is 6.16. The lowest BCUT2D eigenvalue weighted by Gasteiger charge is -2.34. The highest BCUT2D eigenvalue weighted by Crippen LogP contribution is 2.37. The van der Waals surface area contributed by atoms with E-state index in [1.807, 2.05) is 29.2 Å². The molecule has 1 aliphatic rings. The quantitative estimate of drug-likeness (QED) is 0.194. The Bertz CT molecular complexity index is 1280. The number of anilines is 1. The van der Waals surface area contributed by atoms with Gasteiger partial charge in [0.15, 0.2) is 0 Å². The van der Waals surface area contributed by atoms with Crippen molar-refractivity contribution in [3.05, 3.63) is 30.7 Å². The van der Waals surface area contributed by atoms with Crippen LogP contribution in [0.15, 0.2) is 30.7 Å². The van der Waals surface area contributed by atoms with Gasteiger partial charge in [0.25, 0.3) is 0 Å². The first-order valence-electron chi connectivity index (χ1n) is 14.3. The third-order valence-corrected chi connectivity index (χ3v) is 10.6. The second kappa shape index (κ2) is 12.9. The van der Waals surface area contributed by atoms with Crippen molar-refractivity contribution in [1.29, 1.82) is 0 Å². The van der Waals surface area contributed by atoms with E-state index in [1.54, 1.807) is 0 Å². The maximum atomic E-state index is 11.3. The maximum absolute atomic E-state index is 11.3. The van der Waals surface area contributed by atoms with E-state index in [0.717, 1.165) is 72.7 Å². The van der Waals surface area contributed by atoms with Gasteiger partial charge in [-0.3, -0.25) is 0 Å². The molecular formula is C28H46N6O4Si2. The normalized spacial score (nSPS) is 16.6. The number of fused-ring (bicyclic) bond motifs is 1. The molecule has 0 saturated carbocycles. The van der Waals surface area contributed by atoms with Gasteiger partial charge in [-0.1, -0.05) is 39.3 Å². The van der Waals surface area contributed by atoms with Crippen molar-refractivity contribution in [2.45, 2.75) is 83.7 Å². The summed E-state index contributed by atoms with van der Waals surface area (Å²) in [5, 5.41) is 17.8. The van der Waals surface area contributed by atoms with Crippen LogP contribution in [-0.4, -0.2) is 79.0 Å². The van der Waals surface area contributed by atoms with Crippen molar-refractivity contribution in [1.82, 2.24) is 24.6 Å². The molecule has 1 amide bonds. The predicted molar refractivity (Wildman–Crippen MR) is 166 cm³/mol. The number of hydrogen-bond donors (Lipinski definition) is 2. The molecule has 4 rings (SSSR count). The smallest absolute Gasteiger partial charge is 0.404 e. The molecule has 3 aromatic rings. The first kappa shape index (κ1) is 30.3. The number of carbonyl (C=O) groups is 1. The average Bonchev–Trinajstić information content (AvgIpc) is 3.48. The third kappa shape index (κ3) is 8.41. The van der Waals surface area contributed by atoms with Crippen LogP contribution in [-0.2, 0) is 22.9 Å². The summed E-state index contributed by atoms with van der Waals surface area (Å²) in [5.41, 5.74) is 3.72. The van der Waals surface area contributed by atoms with E-state index in [9.17, 15) is 9.90 Å². The highest BCUT2D eigenvalue weighted by Gasteiger charge is 2.26. The molecule has 0 unspecified atom stereocenters. The Balaban J connectivity index is 1.62. The van der Waals surface area contributed by atoms with Crippen LogP contribution in [0.3, 0.4) is 0 Å². The van der Waals surface area contributed by atoms with Gasteiger partial charge in [-0.15, -0.1) is 0 Å². The number of pyridine rings is 1. The average molecular weight is 587 g/mol. The molecule has 1 atom stereocenters. The Hall–Kier alpha value is -2.68. The molecule has 4 heterocycles. The van der Waals surface area contributed by atoms with Crippen molar-refractivity contribution in [3.8, 4) is 11.3 Å². The molecule has 1 saturated heterocycles. The number of nitrogens with zero attached hydrogens (tertiary/aromatic N) is 5. The fourth-order valence-corrected chi connectivity index (χ4v) is 6.41. The van der Waals surface area contributed by atoms with Crippen molar-refractivity contribution < 1.29 is 19.4 Å². The number of amides is 1. The van der Waals surface area contributed by atoms with Crippen LogP contribution in [0.25, 0.3) is 22.3 Å². The summed E-state index contributed by atoms with van der Waals surface area (Å²) in [5.74, 6) is 0. The zero-order valence-electron chi connectivity index (χ0n) is 24.9. The van der Waals surface area contributed by atoms with E-state index < -0.39 is 22.2 Å². The molecule has 0 spiro atoms. The van der Waals surface area contributed by atoms with Gasteiger partial charge in [0, 0.05) is 72.6 Å². The molecule has 12 heteroatoms. The number of hydrogen-bond acceptors (Lipinski definition) is 6. The fraction of sp³-hybridized carbons (Fsp3) is 0.607. The van der Waals surface area contributed by atoms with Gasteiger partial charge in [-0.05, 0) is 37.1 Å². The zero-order valence-corrected chi connectivity index (χ0v) is 26.9. The zero-order chi connectivity index (χ0) is 28.9. The Morgan fingerprint density at radius 1 is 1.07 bits per heavy atom. The standard InChI is InChI=1S/C28H46N6O4Si2/c1-39(2,3)16-14-37-20-33-19-23(24-10-13-34(31-24)21-38-15-17-40(4,5)6)26-25(9-11-29-27(26)33)32-12-7-8-22(18-32)30-28(35)36/h9-11,13,19,22,30H,7-8,12,14-18,20-21H2,1-6H3,(H,35,36)/t22-/m0/s1. The van der Waals surface area contributed by atoms with E-state index in [2.05, 4.69) is 60.3 Å². The van der Waals surface area contributed by atoms with Gasteiger partial charge in [-0.2, -0.15) is 5.10 Å². The van der Waals surface area contributed by atoms with E-state index >= 15 is 0 Å². The largest absolute Gasteiger partial charge is 0.465 e. The first-order chi connectivity index (χ1) is 18.9. The van der Waals surface area contributed by atoms with Gasteiger partial charge in [-0.25, -0.2) is 14.5 Å². The number of rotatable bonds is 13. The molecular weight excluding hydrogens is 541 g/mol. The summed E-state index contributed by atoms with van der Waals surface area (Å²) in [4.78, 5) is 18.4. The van der Waals surface area contributed by atoms with Gasteiger partial charge in [0.2, 0.25) is 0 Å². The van der Waals surface area contributed by atoms with Crippen LogP contribution in [0, 0.1) is 0 Å². The van der Waals surface area contributed by atoms with E-state index in [0.29, 0.717) is 20.0 Å². The topological polar surface area (TPSA) is 107 Å². The minimum absolute atomic E-state index is 0.114. The second-order valence-electron chi connectivity index (χ2n) is 13.2. The molecule has 0 aliphatic carbocycles. The van der Waals surface area contributed by atoms with Crippen LogP contribution in [0.5, 0.6) is 0 Å². The molecule has 0 bridgehead atoms. The molecule has 10 nitrogen and oxygen atoms in total. The molecule has 3 aromatic heterocycles. The Kier molecular flexibility index (Phi) is 9.75. The highest BCUT2D eigenvalue weighted by atomic mass is 28.3. The molecule has 40 heavy (non-hydrogen) atoms.